The number of alkyl carbamates (subject to hydrolysis) is 1. The highest BCUT2D eigenvalue weighted by Gasteiger charge is 2.00. The van der Waals surface area contributed by atoms with E-state index in [4.69, 9.17) is 14.2 Å². The molecule has 93 valence electrons. The molecule has 0 aliphatic carbocycles. The number of benzene rings is 1. The zero-order chi connectivity index (χ0) is 12.3. The Morgan fingerprint density at radius 3 is 2.76 bits per heavy atom. The highest BCUT2D eigenvalue weighted by molar-refractivity contribution is 5.67. The van der Waals surface area contributed by atoms with Gasteiger partial charge in [0.25, 0.3) is 0 Å². The van der Waals surface area contributed by atoms with Crippen LogP contribution in [0, 0.1) is 6.07 Å². The predicted molar refractivity (Wildman–Crippen MR) is 62.0 cm³/mol. The Labute approximate surface area is 101 Å². The largest absolute Gasteiger partial charge is 0.490 e. The molecule has 1 radical (unpaired) electrons. The summed E-state index contributed by atoms with van der Waals surface area (Å²) in [6.07, 6.45) is -0.466. The van der Waals surface area contributed by atoms with E-state index < -0.39 is 6.09 Å². The summed E-state index contributed by atoms with van der Waals surface area (Å²) in [7, 11) is 1.57. The van der Waals surface area contributed by atoms with Crippen molar-refractivity contribution in [1.29, 1.82) is 0 Å². The summed E-state index contributed by atoms with van der Waals surface area (Å²) in [6.45, 7) is 1.43. The fraction of sp³-hybridized carbons (Fsp3) is 0.417. The Morgan fingerprint density at radius 2 is 2.06 bits per heavy atom. The summed E-state index contributed by atoms with van der Waals surface area (Å²) in [5.74, 6) is 0.729. The van der Waals surface area contributed by atoms with Crippen LogP contribution in [-0.4, -0.2) is 39.6 Å². The summed E-state index contributed by atoms with van der Waals surface area (Å²) in [5.41, 5.74) is 0. The van der Waals surface area contributed by atoms with Gasteiger partial charge in [0, 0.05) is 13.7 Å². The van der Waals surface area contributed by atoms with Gasteiger partial charge in [-0.15, -0.1) is 0 Å². The maximum absolute atomic E-state index is 11.1. The van der Waals surface area contributed by atoms with Crippen LogP contribution in [0.4, 0.5) is 4.79 Å². The average Bonchev–Trinajstić information content (AvgIpc) is 2.36. The smallest absolute Gasteiger partial charge is 0.407 e. The van der Waals surface area contributed by atoms with Crippen LogP contribution in [0.25, 0.3) is 0 Å². The molecule has 1 aromatic rings. The van der Waals surface area contributed by atoms with E-state index in [1.165, 1.54) is 0 Å². The SMILES string of the molecule is COCCNC(=O)OCCOc1cc[c]cc1. The van der Waals surface area contributed by atoms with Gasteiger partial charge in [-0.25, -0.2) is 4.79 Å². The lowest BCUT2D eigenvalue weighted by Crippen LogP contribution is -2.28. The van der Waals surface area contributed by atoms with Crippen molar-refractivity contribution in [3.63, 3.8) is 0 Å². The molecule has 0 saturated carbocycles. The summed E-state index contributed by atoms with van der Waals surface area (Å²) in [4.78, 5) is 11.1. The van der Waals surface area contributed by atoms with Crippen LogP contribution in [0.5, 0.6) is 5.75 Å². The molecule has 0 bridgehead atoms. The van der Waals surface area contributed by atoms with Crippen LogP contribution in [0.15, 0.2) is 24.3 Å². The maximum Gasteiger partial charge on any atom is 0.407 e. The number of methoxy groups -OCH3 is 1. The lowest BCUT2D eigenvalue weighted by molar-refractivity contribution is 0.121. The van der Waals surface area contributed by atoms with Gasteiger partial charge in [-0.1, -0.05) is 12.1 Å². The quantitative estimate of drug-likeness (QED) is 0.726. The third-order valence-corrected chi connectivity index (χ3v) is 1.85. The zero-order valence-electron chi connectivity index (χ0n) is 9.77. The van der Waals surface area contributed by atoms with Crippen LogP contribution in [-0.2, 0) is 9.47 Å². The van der Waals surface area contributed by atoms with Crippen molar-refractivity contribution in [2.24, 2.45) is 0 Å². The molecule has 1 N–H and O–H groups in total. The summed E-state index contributed by atoms with van der Waals surface area (Å²) >= 11 is 0. The maximum atomic E-state index is 11.1. The second-order valence-electron chi connectivity index (χ2n) is 3.14. The Kier molecular flexibility index (Phi) is 6.59. The third-order valence-electron chi connectivity index (χ3n) is 1.85. The zero-order valence-corrected chi connectivity index (χ0v) is 9.77. The van der Waals surface area contributed by atoms with Crippen LogP contribution in [0.1, 0.15) is 0 Å². The molecule has 1 amide bonds. The average molecular weight is 238 g/mol. The Hall–Kier alpha value is -1.75. The highest BCUT2D eigenvalue weighted by Crippen LogP contribution is 2.07. The monoisotopic (exact) mass is 238 g/mol. The van der Waals surface area contributed by atoms with E-state index in [-0.39, 0.29) is 6.61 Å². The first-order valence-corrected chi connectivity index (χ1v) is 5.31. The van der Waals surface area contributed by atoms with Crippen molar-refractivity contribution in [2.45, 2.75) is 0 Å². The molecule has 0 aliphatic heterocycles. The fourth-order valence-electron chi connectivity index (χ4n) is 1.07. The Morgan fingerprint density at radius 1 is 1.29 bits per heavy atom. The van der Waals surface area contributed by atoms with Gasteiger partial charge in [0.15, 0.2) is 0 Å². The van der Waals surface area contributed by atoms with Crippen molar-refractivity contribution in [3.8, 4) is 5.75 Å². The molecule has 0 aromatic heterocycles. The predicted octanol–water partition coefficient (Wildman–Crippen LogP) is 1.24. The fourth-order valence-corrected chi connectivity index (χ4v) is 1.07. The third kappa shape index (κ3) is 6.42. The number of amides is 1. The molecule has 0 fully saturated rings. The van der Waals surface area contributed by atoms with Crippen LogP contribution in [0.3, 0.4) is 0 Å². The highest BCUT2D eigenvalue weighted by atomic mass is 16.6. The van der Waals surface area contributed by atoms with Crippen molar-refractivity contribution in [2.75, 3.05) is 33.5 Å². The Balaban J connectivity index is 2.02. The van der Waals surface area contributed by atoms with Gasteiger partial charge in [0.2, 0.25) is 0 Å². The van der Waals surface area contributed by atoms with Gasteiger partial charge in [-0.2, -0.15) is 0 Å². The molecule has 5 nitrogen and oxygen atoms in total. The van der Waals surface area contributed by atoms with Crippen LogP contribution < -0.4 is 10.1 Å². The van der Waals surface area contributed by atoms with Gasteiger partial charge in [-0.05, 0) is 18.2 Å². The number of carbonyl (C=O) groups excluding carboxylic acids is 1. The minimum Gasteiger partial charge on any atom is -0.490 e. The molecule has 0 unspecified atom stereocenters. The van der Waals surface area contributed by atoms with Gasteiger partial charge < -0.3 is 19.5 Å². The number of ether oxygens (including phenoxy) is 3. The molecule has 17 heavy (non-hydrogen) atoms. The van der Waals surface area contributed by atoms with Gasteiger partial charge in [-0.3, -0.25) is 0 Å². The minimum absolute atomic E-state index is 0.206. The van der Waals surface area contributed by atoms with E-state index in [1.54, 1.807) is 31.4 Å². The number of rotatable bonds is 7. The standard InChI is InChI=1S/C12H16NO4/c1-15-8-7-13-12(14)17-10-9-16-11-5-3-2-4-6-11/h3-6H,7-10H2,1H3,(H,13,14). The topological polar surface area (TPSA) is 56.8 Å². The van der Waals surface area contributed by atoms with Crippen LogP contribution >= 0.6 is 0 Å². The molecular formula is C12H16NO4. The molecule has 0 atom stereocenters. The first-order chi connectivity index (χ1) is 8.33. The number of hydrogen-bond donors (Lipinski definition) is 1. The van der Waals surface area contributed by atoms with Crippen molar-refractivity contribution in [1.82, 2.24) is 5.32 Å². The van der Waals surface area contributed by atoms with Gasteiger partial charge in [0.1, 0.15) is 19.0 Å². The number of hydrogen-bond acceptors (Lipinski definition) is 4. The Bertz CT molecular complexity index is 316. The summed E-state index contributed by atoms with van der Waals surface area (Å²) < 4.78 is 15.0. The van der Waals surface area contributed by atoms with Crippen molar-refractivity contribution < 1.29 is 19.0 Å². The lowest BCUT2D eigenvalue weighted by atomic mass is 10.3. The van der Waals surface area contributed by atoms with Crippen LogP contribution in [0.2, 0.25) is 0 Å². The van der Waals surface area contributed by atoms with Gasteiger partial charge in [0.05, 0.1) is 6.61 Å². The van der Waals surface area contributed by atoms with E-state index in [9.17, 15) is 4.79 Å². The van der Waals surface area contributed by atoms with Crippen molar-refractivity contribution >= 4 is 6.09 Å². The molecule has 0 aliphatic rings. The number of carbonyl (C=O) groups is 1. The molecule has 0 heterocycles. The summed E-state index contributed by atoms with van der Waals surface area (Å²) in [6, 6.07) is 9.98. The second-order valence-corrected chi connectivity index (χ2v) is 3.14. The molecule has 0 spiro atoms. The summed E-state index contributed by atoms with van der Waals surface area (Å²) in [5, 5.41) is 2.54. The molecule has 0 saturated heterocycles. The first kappa shape index (κ1) is 13.3. The first-order valence-electron chi connectivity index (χ1n) is 5.31. The van der Waals surface area contributed by atoms with Crippen molar-refractivity contribution in [3.05, 3.63) is 30.3 Å². The van der Waals surface area contributed by atoms with E-state index in [1.807, 2.05) is 0 Å². The van der Waals surface area contributed by atoms with E-state index >= 15 is 0 Å². The lowest BCUT2D eigenvalue weighted by Gasteiger charge is -2.08. The molecule has 5 heteroatoms. The van der Waals surface area contributed by atoms with E-state index in [0.29, 0.717) is 19.8 Å². The van der Waals surface area contributed by atoms with Gasteiger partial charge >= 0.3 is 6.09 Å². The van der Waals surface area contributed by atoms with E-state index in [0.717, 1.165) is 5.75 Å². The molecule has 1 aromatic carbocycles. The minimum atomic E-state index is -0.466. The normalized spacial score (nSPS) is 9.71. The second kappa shape index (κ2) is 8.41. The van der Waals surface area contributed by atoms with E-state index in [2.05, 4.69) is 11.4 Å². The number of nitrogens with one attached hydrogen (secondary N) is 1. The molecule has 1 rings (SSSR count). The molecular weight excluding hydrogens is 222 g/mol.